The van der Waals surface area contributed by atoms with Crippen molar-refractivity contribution in [2.75, 3.05) is 29.9 Å². The maximum absolute atomic E-state index is 12.3. The fraction of sp³-hybridized carbons (Fsp3) is 0.533. The van der Waals surface area contributed by atoms with Crippen LogP contribution >= 0.6 is 11.8 Å². The van der Waals surface area contributed by atoms with Gasteiger partial charge in [-0.2, -0.15) is 11.8 Å². The number of anilines is 1. The van der Waals surface area contributed by atoms with E-state index in [0.29, 0.717) is 17.8 Å². The molecule has 0 saturated heterocycles. The zero-order valence-electron chi connectivity index (χ0n) is 13.7. The highest BCUT2D eigenvalue weighted by Crippen LogP contribution is 2.23. The molecule has 0 aliphatic carbocycles. The second kappa shape index (κ2) is 7.37. The molecule has 124 valence electrons. The number of thioether (sulfide) groups is 1. The maximum Gasteiger partial charge on any atom is 0.253 e. The molecule has 1 aromatic carbocycles. The maximum atomic E-state index is 12.3. The van der Waals surface area contributed by atoms with Crippen LogP contribution in [0.1, 0.15) is 31.1 Å². The van der Waals surface area contributed by atoms with Crippen molar-refractivity contribution in [3.8, 4) is 0 Å². The molecule has 7 heteroatoms. The van der Waals surface area contributed by atoms with E-state index in [9.17, 15) is 13.2 Å². The van der Waals surface area contributed by atoms with Gasteiger partial charge < -0.3 is 5.32 Å². The van der Waals surface area contributed by atoms with Crippen LogP contribution in [0, 0.1) is 0 Å². The van der Waals surface area contributed by atoms with E-state index < -0.39 is 10.0 Å². The minimum absolute atomic E-state index is 0.152. The predicted octanol–water partition coefficient (Wildman–Crippen LogP) is 2.34. The summed E-state index contributed by atoms with van der Waals surface area (Å²) in [6.45, 7) is 6.90. The lowest BCUT2D eigenvalue weighted by molar-refractivity contribution is 0.0957. The number of hydrogen-bond acceptors (Lipinski definition) is 4. The van der Waals surface area contributed by atoms with Gasteiger partial charge in [-0.1, -0.05) is 32.9 Å². The number of para-hydroxylation sites is 1. The van der Waals surface area contributed by atoms with Crippen molar-refractivity contribution in [3.05, 3.63) is 29.8 Å². The number of sulfonamides is 1. The molecule has 1 aromatic rings. The van der Waals surface area contributed by atoms with Crippen molar-refractivity contribution >= 4 is 33.4 Å². The van der Waals surface area contributed by atoms with Gasteiger partial charge in [0.25, 0.3) is 5.91 Å². The summed E-state index contributed by atoms with van der Waals surface area (Å²) < 4.78 is 24.6. The first-order valence-corrected chi connectivity index (χ1v) is 9.81. The first kappa shape index (κ1) is 18.8. The van der Waals surface area contributed by atoms with Crippen molar-refractivity contribution in [2.45, 2.75) is 25.5 Å². The molecule has 1 N–H and O–H groups in total. The van der Waals surface area contributed by atoms with E-state index in [-0.39, 0.29) is 10.7 Å². The first-order valence-electron chi connectivity index (χ1n) is 6.97. The fourth-order valence-corrected chi connectivity index (χ4v) is 3.07. The Labute approximate surface area is 137 Å². The second-order valence-corrected chi connectivity index (χ2v) is 9.90. The van der Waals surface area contributed by atoms with E-state index in [4.69, 9.17) is 0 Å². The van der Waals surface area contributed by atoms with E-state index in [0.717, 1.165) is 16.3 Å². The Morgan fingerprint density at radius 2 is 1.86 bits per heavy atom. The molecule has 0 aliphatic rings. The number of rotatable bonds is 6. The highest BCUT2D eigenvalue weighted by atomic mass is 32.2. The standard InChI is InChI=1S/C15H24N2O3S2/c1-15(2,3)21-11-10-16-14(18)12-8-6-7-9-13(12)17(4)22(5,19)20/h6-9H,10-11H2,1-5H3,(H,16,18). The molecule has 5 nitrogen and oxygen atoms in total. The summed E-state index contributed by atoms with van der Waals surface area (Å²) in [6, 6.07) is 6.69. The van der Waals surface area contributed by atoms with Crippen LogP contribution in [0.15, 0.2) is 24.3 Å². The Kier molecular flexibility index (Phi) is 6.31. The lowest BCUT2D eigenvalue weighted by Crippen LogP contribution is -2.31. The SMILES string of the molecule is CN(c1ccccc1C(=O)NCCSC(C)(C)C)S(C)(=O)=O. The molecule has 0 radical (unpaired) electrons. The van der Waals surface area contributed by atoms with Gasteiger partial charge in [-0.15, -0.1) is 0 Å². The lowest BCUT2D eigenvalue weighted by atomic mass is 10.1. The van der Waals surface area contributed by atoms with Gasteiger partial charge in [0, 0.05) is 24.1 Å². The Hall–Kier alpha value is -1.21. The lowest BCUT2D eigenvalue weighted by Gasteiger charge is -2.20. The van der Waals surface area contributed by atoms with Crippen LogP contribution in [0.4, 0.5) is 5.69 Å². The summed E-state index contributed by atoms with van der Waals surface area (Å²) in [5, 5.41) is 2.84. The second-order valence-electron chi connectivity index (χ2n) is 5.96. The van der Waals surface area contributed by atoms with E-state index in [1.165, 1.54) is 7.05 Å². The molecule has 0 spiro atoms. The molecular weight excluding hydrogens is 320 g/mol. The van der Waals surface area contributed by atoms with Gasteiger partial charge in [0.2, 0.25) is 10.0 Å². The third-order valence-electron chi connectivity index (χ3n) is 2.91. The predicted molar refractivity (Wildman–Crippen MR) is 94.2 cm³/mol. The molecule has 0 heterocycles. The van der Waals surface area contributed by atoms with E-state index >= 15 is 0 Å². The molecule has 0 fully saturated rings. The smallest absolute Gasteiger partial charge is 0.253 e. The first-order chi connectivity index (χ1) is 10.0. The highest BCUT2D eigenvalue weighted by Gasteiger charge is 2.19. The molecule has 0 bridgehead atoms. The van der Waals surface area contributed by atoms with Crippen LogP contribution in [0.3, 0.4) is 0 Å². The summed E-state index contributed by atoms with van der Waals surface area (Å²) in [5.41, 5.74) is 0.738. The van der Waals surface area contributed by atoms with Crippen LogP contribution in [-0.2, 0) is 10.0 Å². The average Bonchev–Trinajstić information content (AvgIpc) is 2.40. The monoisotopic (exact) mass is 344 g/mol. The largest absolute Gasteiger partial charge is 0.351 e. The van der Waals surface area contributed by atoms with Crippen LogP contribution in [0.2, 0.25) is 0 Å². The van der Waals surface area contributed by atoms with Crippen molar-refractivity contribution in [2.24, 2.45) is 0 Å². The van der Waals surface area contributed by atoms with Gasteiger partial charge in [-0.05, 0) is 12.1 Å². The molecule has 0 saturated carbocycles. The van der Waals surface area contributed by atoms with Crippen molar-refractivity contribution in [3.63, 3.8) is 0 Å². The van der Waals surface area contributed by atoms with Gasteiger partial charge >= 0.3 is 0 Å². The van der Waals surface area contributed by atoms with Crippen molar-refractivity contribution in [1.82, 2.24) is 5.32 Å². The Morgan fingerprint density at radius 1 is 1.27 bits per heavy atom. The number of carbonyl (C=O) groups is 1. The van der Waals surface area contributed by atoms with Crippen LogP contribution < -0.4 is 9.62 Å². The molecular formula is C15H24N2O3S2. The number of benzene rings is 1. The van der Waals surface area contributed by atoms with E-state index in [2.05, 4.69) is 26.1 Å². The Morgan fingerprint density at radius 3 is 2.41 bits per heavy atom. The highest BCUT2D eigenvalue weighted by molar-refractivity contribution is 8.00. The normalized spacial score (nSPS) is 12.0. The number of nitrogens with zero attached hydrogens (tertiary/aromatic N) is 1. The van der Waals surface area contributed by atoms with Gasteiger partial charge in [0.05, 0.1) is 17.5 Å². The Balaban J connectivity index is 2.78. The number of nitrogens with one attached hydrogen (secondary N) is 1. The van der Waals surface area contributed by atoms with Crippen LogP contribution in [0.25, 0.3) is 0 Å². The molecule has 22 heavy (non-hydrogen) atoms. The number of carbonyl (C=O) groups excluding carboxylic acids is 1. The Bertz CT molecular complexity index is 622. The molecule has 0 atom stereocenters. The third-order valence-corrected chi connectivity index (χ3v) is 5.37. The van der Waals surface area contributed by atoms with Gasteiger partial charge in [-0.25, -0.2) is 8.42 Å². The van der Waals surface area contributed by atoms with Gasteiger partial charge in [0.1, 0.15) is 0 Å². The van der Waals surface area contributed by atoms with Crippen molar-refractivity contribution in [1.29, 1.82) is 0 Å². The summed E-state index contributed by atoms with van der Waals surface area (Å²) in [6.07, 6.45) is 1.11. The molecule has 1 rings (SSSR count). The molecule has 0 aromatic heterocycles. The third kappa shape index (κ3) is 5.88. The minimum atomic E-state index is -3.41. The number of amides is 1. The average molecular weight is 345 g/mol. The van der Waals surface area contributed by atoms with Crippen LogP contribution in [0.5, 0.6) is 0 Å². The quantitative estimate of drug-likeness (QED) is 0.805. The summed E-state index contributed by atoms with van der Waals surface area (Å²) in [7, 11) is -1.97. The molecule has 0 aliphatic heterocycles. The van der Waals surface area contributed by atoms with Gasteiger partial charge in [-0.3, -0.25) is 9.10 Å². The van der Waals surface area contributed by atoms with Gasteiger partial charge in [0.15, 0.2) is 0 Å². The topological polar surface area (TPSA) is 66.5 Å². The molecule has 1 amide bonds. The van der Waals surface area contributed by atoms with E-state index in [1.807, 2.05) is 0 Å². The summed E-state index contributed by atoms with van der Waals surface area (Å²) >= 11 is 1.76. The van der Waals surface area contributed by atoms with Crippen LogP contribution in [-0.4, -0.2) is 44.7 Å². The number of hydrogen-bond donors (Lipinski definition) is 1. The van der Waals surface area contributed by atoms with E-state index in [1.54, 1.807) is 36.0 Å². The minimum Gasteiger partial charge on any atom is -0.351 e. The zero-order chi connectivity index (χ0) is 17.0. The summed E-state index contributed by atoms with van der Waals surface area (Å²) in [4.78, 5) is 12.3. The zero-order valence-corrected chi connectivity index (χ0v) is 15.3. The fourth-order valence-electron chi connectivity index (χ4n) is 1.74. The molecule has 0 unspecified atom stereocenters. The van der Waals surface area contributed by atoms with Crippen molar-refractivity contribution < 1.29 is 13.2 Å². The summed E-state index contributed by atoms with van der Waals surface area (Å²) in [5.74, 6) is 0.542.